The molecule has 0 radical (unpaired) electrons. The van der Waals surface area contributed by atoms with Crippen molar-refractivity contribution in [1.82, 2.24) is 14.5 Å². The number of nitrogens with zero attached hydrogens (tertiary/aromatic N) is 4. The van der Waals surface area contributed by atoms with Crippen molar-refractivity contribution in [2.45, 2.75) is 13.3 Å². The van der Waals surface area contributed by atoms with Crippen molar-refractivity contribution in [3.63, 3.8) is 0 Å². The Morgan fingerprint density at radius 1 is 0.582 bits per heavy atom. The maximum absolute atomic E-state index is 5.26. The van der Waals surface area contributed by atoms with E-state index in [1.807, 2.05) is 12.3 Å². The maximum atomic E-state index is 5.26. The summed E-state index contributed by atoms with van der Waals surface area (Å²) in [4.78, 5) is 14.6. The van der Waals surface area contributed by atoms with Crippen LogP contribution in [-0.4, -0.2) is 27.8 Å². The first kappa shape index (κ1) is 33.9. The summed E-state index contributed by atoms with van der Waals surface area (Å²) in [5.41, 5.74) is 15.4. The second-order valence-corrected chi connectivity index (χ2v) is 14.3. The van der Waals surface area contributed by atoms with E-state index in [4.69, 9.17) is 9.97 Å². The Morgan fingerprint density at radius 3 is 2.00 bits per heavy atom. The van der Waals surface area contributed by atoms with Gasteiger partial charge in [0.25, 0.3) is 0 Å². The molecule has 2 aromatic heterocycles. The van der Waals surface area contributed by atoms with Crippen LogP contribution in [0.25, 0.3) is 78.1 Å². The molecule has 0 spiro atoms. The number of hydrogen-bond acceptors (Lipinski definition) is 3. The third-order valence-electron chi connectivity index (χ3n) is 10.3. The molecule has 1 atom stereocenters. The molecule has 8 aromatic rings. The maximum Gasteiger partial charge on any atom is 0.156 e. The highest BCUT2D eigenvalue weighted by atomic mass is 15.0. The van der Waals surface area contributed by atoms with Crippen LogP contribution in [0.1, 0.15) is 24.7 Å². The van der Waals surface area contributed by atoms with E-state index in [1.165, 1.54) is 16.5 Å². The number of aliphatic imine (C=N–C) groups is 1. The van der Waals surface area contributed by atoms with E-state index in [0.717, 1.165) is 79.4 Å². The number of rotatable bonds is 8. The number of allylic oxidation sites excluding steroid dienone is 4. The second-order valence-electron chi connectivity index (χ2n) is 14.3. The molecule has 4 nitrogen and oxygen atoms in total. The predicted octanol–water partition coefficient (Wildman–Crippen LogP) is 12.8. The third kappa shape index (κ3) is 7.10. The SMILES string of the molecule is C/N=C/c1cccc(-c2cccc(-n3ccc4cc(-c5cc(-c6ccccc6)cc(-c6cc(-c7ccccc7)nc(C7=CC=CC(C)C7)n6)c5)ccc43)c2)c1. The van der Waals surface area contributed by atoms with E-state index in [0.29, 0.717) is 5.92 Å². The van der Waals surface area contributed by atoms with Crippen LogP contribution in [0.4, 0.5) is 0 Å². The van der Waals surface area contributed by atoms with Crippen molar-refractivity contribution in [3.05, 3.63) is 194 Å². The van der Waals surface area contributed by atoms with Gasteiger partial charge in [0, 0.05) is 41.7 Å². The molecule has 55 heavy (non-hydrogen) atoms. The first-order chi connectivity index (χ1) is 27.1. The summed E-state index contributed by atoms with van der Waals surface area (Å²) in [5.74, 6) is 1.22. The fourth-order valence-corrected chi connectivity index (χ4v) is 7.58. The van der Waals surface area contributed by atoms with Crippen molar-refractivity contribution in [1.29, 1.82) is 0 Å². The molecule has 6 aromatic carbocycles. The molecule has 0 saturated heterocycles. The fraction of sp³-hybridized carbons (Fsp3) is 0.0784. The Balaban J connectivity index is 1.14. The highest BCUT2D eigenvalue weighted by molar-refractivity contribution is 5.90. The average molecular weight is 709 g/mol. The normalized spacial score (nSPS) is 14.1. The van der Waals surface area contributed by atoms with Crippen molar-refractivity contribution >= 4 is 22.7 Å². The summed E-state index contributed by atoms with van der Waals surface area (Å²) >= 11 is 0. The van der Waals surface area contributed by atoms with Crippen LogP contribution in [0.2, 0.25) is 0 Å². The minimum Gasteiger partial charge on any atom is -0.317 e. The summed E-state index contributed by atoms with van der Waals surface area (Å²) < 4.78 is 2.27. The molecule has 264 valence electrons. The van der Waals surface area contributed by atoms with Gasteiger partial charge in [-0.25, -0.2) is 9.97 Å². The molecule has 0 bridgehead atoms. The molecule has 4 heteroatoms. The van der Waals surface area contributed by atoms with Crippen LogP contribution in [-0.2, 0) is 0 Å². The molecular formula is C51H40N4. The Labute approximate surface area is 322 Å². The Kier molecular flexibility index (Phi) is 9.15. The average Bonchev–Trinajstić information content (AvgIpc) is 3.68. The quantitative estimate of drug-likeness (QED) is 0.148. The molecule has 9 rings (SSSR count). The first-order valence-electron chi connectivity index (χ1n) is 18.9. The number of benzene rings is 6. The van der Waals surface area contributed by atoms with Gasteiger partial charge in [-0.1, -0.05) is 122 Å². The zero-order valence-corrected chi connectivity index (χ0v) is 31.0. The Hall–Kier alpha value is -6.91. The van der Waals surface area contributed by atoms with Crippen molar-refractivity contribution < 1.29 is 0 Å². The summed E-state index contributed by atoms with van der Waals surface area (Å²) in [7, 11) is 1.80. The Morgan fingerprint density at radius 2 is 1.24 bits per heavy atom. The molecule has 0 fully saturated rings. The topological polar surface area (TPSA) is 43.1 Å². The molecule has 1 aliphatic rings. The summed E-state index contributed by atoms with van der Waals surface area (Å²) in [5, 5.41) is 1.18. The van der Waals surface area contributed by atoms with Gasteiger partial charge < -0.3 is 4.57 Å². The van der Waals surface area contributed by atoms with Crippen LogP contribution in [0.5, 0.6) is 0 Å². The van der Waals surface area contributed by atoms with Gasteiger partial charge in [-0.3, -0.25) is 4.99 Å². The summed E-state index contributed by atoms with van der Waals surface area (Å²) in [6.45, 7) is 2.24. The summed E-state index contributed by atoms with van der Waals surface area (Å²) in [6, 6.07) is 56.2. The lowest BCUT2D eigenvalue weighted by Gasteiger charge is -2.16. The standard InChI is InChI=1S/C51H40N4/c1-35-12-9-20-43(26-35)51-53-48(38-16-7-4-8-17-38)33-49(54-51)46-30-44(37-14-5-3-6-15-37)29-45(31-46)41-22-23-50-42(28-41)24-25-55(50)47-21-11-19-40(32-47)39-18-10-13-36(27-39)34-52-2/h3-25,27-35H,26H2,1-2H3/b52-34+. The van der Waals surface area contributed by atoms with Gasteiger partial charge in [0.05, 0.1) is 16.9 Å². The second kappa shape index (κ2) is 14.8. The van der Waals surface area contributed by atoms with Gasteiger partial charge in [-0.05, 0) is 118 Å². The lowest BCUT2D eigenvalue weighted by Crippen LogP contribution is -2.04. The molecule has 1 aliphatic carbocycles. The smallest absolute Gasteiger partial charge is 0.156 e. The van der Waals surface area contributed by atoms with Gasteiger partial charge in [-0.15, -0.1) is 0 Å². The van der Waals surface area contributed by atoms with Gasteiger partial charge in [-0.2, -0.15) is 0 Å². The molecule has 0 saturated carbocycles. The minimum absolute atomic E-state index is 0.437. The van der Waals surface area contributed by atoms with E-state index in [1.54, 1.807) is 7.05 Å². The van der Waals surface area contributed by atoms with E-state index < -0.39 is 0 Å². The fourth-order valence-electron chi connectivity index (χ4n) is 7.58. The third-order valence-corrected chi connectivity index (χ3v) is 10.3. The van der Waals surface area contributed by atoms with Gasteiger partial charge in [0.1, 0.15) is 0 Å². The number of fused-ring (bicyclic) bond motifs is 1. The van der Waals surface area contributed by atoms with Crippen LogP contribution in [0.3, 0.4) is 0 Å². The van der Waals surface area contributed by atoms with Gasteiger partial charge in [0.2, 0.25) is 0 Å². The van der Waals surface area contributed by atoms with E-state index >= 15 is 0 Å². The molecule has 1 unspecified atom stereocenters. The van der Waals surface area contributed by atoms with E-state index in [-0.39, 0.29) is 0 Å². The predicted molar refractivity (Wildman–Crippen MR) is 230 cm³/mol. The zero-order valence-electron chi connectivity index (χ0n) is 31.0. The van der Waals surface area contributed by atoms with Crippen molar-refractivity contribution in [2.24, 2.45) is 10.9 Å². The summed E-state index contributed by atoms with van der Waals surface area (Å²) in [6.07, 6.45) is 11.5. The van der Waals surface area contributed by atoms with Crippen LogP contribution >= 0.6 is 0 Å². The van der Waals surface area contributed by atoms with Gasteiger partial charge in [0.15, 0.2) is 5.82 Å². The molecule has 0 amide bonds. The lowest BCUT2D eigenvalue weighted by molar-refractivity contribution is 0.743. The number of hydrogen-bond donors (Lipinski definition) is 0. The highest BCUT2D eigenvalue weighted by Gasteiger charge is 2.17. The molecular weight excluding hydrogens is 669 g/mol. The van der Waals surface area contributed by atoms with E-state index in [9.17, 15) is 0 Å². The zero-order chi connectivity index (χ0) is 37.1. The van der Waals surface area contributed by atoms with Crippen LogP contribution < -0.4 is 0 Å². The first-order valence-corrected chi connectivity index (χ1v) is 18.9. The van der Waals surface area contributed by atoms with Gasteiger partial charge >= 0.3 is 0 Å². The molecule has 0 aliphatic heterocycles. The Bertz CT molecular complexity index is 2750. The van der Waals surface area contributed by atoms with E-state index in [2.05, 4.69) is 193 Å². The van der Waals surface area contributed by atoms with Crippen LogP contribution in [0.15, 0.2) is 187 Å². The lowest BCUT2D eigenvalue weighted by atomic mass is 9.93. The van der Waals surface area contributed by atoms with Crippen molar-refractivity contribution in [3.8, 4) is 61.6 Å². The molecule has 0 N–H and O–H groups in total. The minimum atomic E-state index is 0.437. The van der Waals surface area contributed by atoms with Crippen molar-refractivity contribution in [2.75, 3.05) is 7.05 Å². The monoisotopic (exact) mass is 708 g/mol. The van der Waals surface area contributed by atoms with Crippen LogP contribution in [0, 0.1) is 5.92 Å². The number of aromatic nitrogens is 3. The largest absolute Gasteiger partial charge is 0.317 e. The molecule has 2 heterocycles. The highest BCUT2D eigenvalue weighted by Crippen LogP contribution is 2.37.